The third kappa shape index (κ3) is 4.60. The van der Waals surface area contributed by atoms with Gasteiger partial charge in [0.1, 0.15) is 5.75 Å². The number of nitrogens with one attached hydrogen (secondary N) is 1. The molecule has 120 valence electrons. The van der Waals surface area contributed by atoms with Gasteiger partial charge in [-0.3, -0.25) is 4.98 Å². The lowest BCUT2D eigenvalue weighted by atomic mass is 10.1. The molecule has 0 saturated heterocycles. The van der Waals surface area contributed by atoms with E-state index in [2.05, 4.69) is 29.4 Å². The van der Waals surface area contributed by atoms with E-state index in [1.54, 1.807) is 7.11 Å². The van der Waals surface area contributed by atoms with Gasteiger partial charge in [0.15, 0.2) is 0 Å². The number of aromatic nitrogens is 1. The molecule has 2 rings (SSSR count). The second kappa shape index (κ2) is 8.59. The highest BCUT2D eigenvalue weighted by atomic mass is 16.5. The number of ether oxygens (including phenoxy) is 2. The highest BCUT2D eigenvalue weighted by Gasteiger charge is 2.05. The third-order valence-corrected chi connectivity index (χ3v) is 3.57. The van der Waals surface area contributed by atoms with Crippen molar-refractivity contribution in [1.29, 1.82) is 0 Å². The van der Waals surface area contributed by atoms with Gasteiger partial charge in [-0.1, -0.05) is 13.3 Å². The van der Waals surface area contributed by atoms with Crippen molar-refractivity contribution in [3.63, 3.8) is 0 Å². The summed E-state index contributed by atoms with van der Waals surface area (Å²) in [5, 5.41) is 4.62. The number of anilines is 1. The Morgan fingerprint density at radius 1 is 1.14 bits per heavy atom. The van der Waals surface area contributed by atoms with Gasteiger partial charge in [0.2, 0.25) is 0 Å². The molecule has 0 radical (unpaired) electrons. The quantitative estimate of drug-likeness (QED) is 0.706. The number of benzene rings is 1. The first-order valence-corrected chi connectivity index (χ1v) is 8.01. The van der Waals surface area contributed by atoms with Gasteiger partial charge >= 0.3 is 0 Å². The monoisotopic (exact) mass is 302 g/mol. The first kappa shape index (κ1) is 16.6. The summed E-state index contributed by atoms with van der Waals surface area (Å²) in [5.74, 6) is 0.834. The zero-order chi connectivity index (χ0) is 15.8. The minimum absolute atomic E-state index is 0.808. The smallest absolute Gasteiger partial charge is 0.121 e. The SMILES string of the molecule is CCCCOCCCNc1cc(C)nc2cc(OC)ccc12. The molecule has 0 amide bonds. The molecule has 1 heterocycles. The number of pyridine rings is 1. The molecule has 0 atom stereocenters. The highest BCUT2D eigenvalue weighted by molar-refractivity contribution is 5.92. The van der Waals surface area contributed by atoms with E-state index in [1.165, 1.54) is 6.42 Å². The lowest BCUT2D eigenvalue weighted by Crippen LogP contribution is -2.07. The molecular formula is C18H26N2O2. The van der Waals surface area contributed by atoms with E-state index >= 15 is 0 Å². The third-order valence-electron chi connectivity index (χ3n) is 3.57. The molecule has 0 spiro atoms. The van der Waals surface area contributed by atoms with Crippen LogP contribution < -0.4 is 10.1 Å². The van der Waals surface area contributed by atoms with Crippen LogP contribution in [0.1, 0.15) is 31.9 Å². The fourth-order valence-corrected chi connectivity index (χ4v) is 2.36. The Labute approximate surface area is 132 Å². The predicted molar refractivity (Wildman–Crippen MR) is 91.9 cm³/mol. The van der Waals surface area contributed by atoms with E-state index in [4.69, 9.17) is 9.47 Å². The lowest BCUT2D eigenvalue weighted by molar-refractivity contribution is 0.131. The molecule has 2 aromatic rings. The van der Waals surface area contributed by atoms with Crippen LogP contribution in [0.2, 0.25) is 0 Å². The van der Waals surface area contributed by atoms with Crippen LogP contribution in [0.5, 0.6) is 5.75 Å². The fourth-order valence-electron chi connectivity index (χ4n) is 2.36. The van der Waals surface area contributed by atoms with Gasteiger partial charge in [-0.15, -0.1) is 0 Å². The molecule has 1 aromatic heterocycles. The number of rotatable bonds is 9. The van der Waals surface area contributed by atoms with Gasteiger partial charge in [0.25, 0.3) is 0 Å². The number of aryl methyl sites for hydroxylation is 1. The lowest BCUT2D eigenvalue weighted by Gasteiger charge is -2.12. The molecule has 0 aliphatic rings. The van der Waals surface area contributed by atoms with Crippen molar-refractivity contribution in [3.05, 3.63) is 30.0 Å². The standard InChI is InChI=1S/C18H26N2O2/c1-4-5-10-22-11-6-9-19-17-12-14(2)20-18-13-15(21-3)7-8-16(17)18/h7-8,12-13H,4-6,9-11H2,1-3H3,(H,19,20). The highest BCUT2D eigenvalue weighted by Crippen LogP contribution is 2.26. The summed E-state index contributed by atoms with van der Waals surface area (Å²) < 4.78 is 10.9. The van der Waals surface area contributed by atoms with E-state index in [0.29, 0.717) is 0 Å². The molecule has 4 heteroatoms. The molecule has 1 aromatic carbocycles. The van der Waals surface area contributed by atoms with Gasteiger partial charge in [-0.2, -0.15) is 0 Å². The molecule has 0 saturated carbocycles. The Kier molecular flexibility index (Phi) is 6.46. The number of nitrogens with zero attached hydrogens (tertiary/aromatic N) is 1. The summed E-state index contributed by atoms with van der Waals surface area (Å²) >= 11 is 0. The number of hydrogen-bond donors (Lipinski definition) is 1. The normalized spacial score (nSPS) is 10.9. The average molecular weight is 302 g/mol. The number of unbranched alkanes of at least 4 members (excludes halogenated alkanes) is 1. The van der Waals surface area contributed by atoms with Crippen molar-refractivity contribution in [3.8, 4) is 5.75 Å². The van der Waals surface area contributed by atoms with Crippen molar-refractivity contribution >= 4 is 16.6 Å². The zero-order valence-electron chi connectivity index (χ0n) is 13.8. The van der Waals surface area contributed by atoms with Crippen molar-refractivity contribution in [2.24, 2.45) is 0 Å². The zero-order valence-corrected chi connectivity index (χ0v) is 13.8. The molecule has 22 heavy (non-hydrogen) atoms. The van der Waals surface area contributed by atoms with Crippen LogP contribution in [0.3, 0.4) is 0 Å². The fraction of sp³-hybridized carbons (Fsp3) is 0.500. The minimum atomic E-state index is 0.808. The van der Waals surface area contributed by atoms with Crippen molar-refractivity contribution < 1.29 is 9.47 Å². The number of hydrogen-bond acceptors (Lipinski definition) is 4. The van der Waals surface area contributed by atoms with Gasteiger partial charge in [0.05, 0.1) is 12.6 Å². The molecule has 0 aliphatic carbocycles. The Hall–Kier alpha value is -1.81. The molecule has 0 unspecified atom stereocenters. The van der Waals surface area contributed by atoms with Crippen molar-refractivity contribution in [2.75, 3.05) is 32.2 Å². The first-order chi connectivity index (χ1) is 10.7. The molecule has 1 N–H and O–H groups in total. The van der Waals surface area contributed by atoms with Crippen LogP contribution in [0.25, 0.3) is 10.9 Å². The summed E-state index contributed by atoms with van der Waals surface area (Å²) in [4.78, 5) is 4.58. The van der Waals surface area contributed by atoms with Crippen molar-refractivity contribution in [1.82, 2.24) is 4.98 Å². The van der Waals surface area contributed by atoms with Crippen LogP contribution in [-0.2, 0) is 4.74 Å². The predicted octanol–water partition coefficient (Wildman–Crippen LogP) is 4.17. The summed E-state index contributed by atoms with van der Waals surface area (Å²) in [6.45, 7) is 6.77. The van der Waals surface area contributed by atoms with E-state index in [-0.39, 0.29) is 0 Å². The Bertz CT molecular complexity index is 599. The molecular weight excluding hydrogens is 276 g/mol. The van der Waals surface area contributed by atoms with Gasteiger partial charge in [-0.05, 0) is 38.0 Å². The molecule has 0 fully saturated rings. The second-order valence-corrected chi connectivity index (χ2v) is 5.44. The van der Waals surface area contributed by atoms with E-state index in [1.807, 2.05) is 19.1 Å². The minimum Gasteiger partial charge on any atom is -0.497 e. The van der Waals surface area contributed by atoms with Crippen LogP contribution in [-0.4, -0.2) is 31.9 Å². The van der Waals surface area contributed by atoms with Crippen LogP contribution in [0.4, 0.5) is 5.69 Å². The topological polar surface area (TPSA) is 43.4 Å². The summed E-state index contributed by atoms with van der Waals surface area (Å²) in [7, 11) is 1.68. The maximum Gasteiger partial charge on any atom is 0.121 e. The van der Waals surface area contributed by atoms with Crippen LogP contribution in [0.15, 0.2) is 24.3 Å². The molecule has 4 nitrogen and oxygen atoms in total. The summed E-state index contributed by atoms with van der Waals surface area (Å²) in [6, 6.07) is 8.09. The van der Waals surface area contributed by atoms with Gasteiger partial charge < -0.3 is 14.8 Å². The van der Waals surface area contributed by atoms with Crippen molar-refractivity contribution in [2.45, 2.75) is 33.1 Å². The van der Waals surface area contributed by atoms with Gasteiger partial charge in [-0.25, -0.2) is 0 Å². The van der Waals surface area contributed by atoms with E-state index in [9.17, 15) is 0 Å². The Morgan fingerprint density at radius 2 is 1.95 bits per heavy atom. The summed E-state index contributed by atoms with van der Waals surface area (Å²) in [6.07, 6.45) is 3.33. The van der Waals surface area contributed by atoms with Crippen LogP contribution in [0, 0.1) is 6.92 Å². The van der Waals surface area contributed by atoms with E-state index in [0.717, 1.165) is 60.6 Å². The molecule has 0 bridgehead atoms. The van der Waals surface area contributed by atoms with Crippen LogP contribution >= 0.6 is 0 Å². The maximum atomic E-state index is 5.58. The van der Waals surface area contributed by atoms with E-state index < -0.39 is 0 Å². The Balaban J connectivity index is 1.95. The largest absolute Gasteiger partial charge is 0.497 e. The summed E-state index contributed by atoms with van der Waals surface area (Å²) in [5.41, 5.74) is 3.09. The second-order valence-electron chi connectivity index (χ2n) is 5.44. The first-order valence-electron chi connectivity index (χ1n) is 8.01. The average Bonchev–Trinajstić information content (AvgIpc) is 2.53. The number of methoxy groups -OCH3 is 1. The number of fused-ring (bicyclic) bond motifs is 1. The maximum absolute atomic E-state index is 5.58. The van der Waals surface area contributed by atoms with Gasteiger partial charge in [0, 0.05) is 42.6 Å². The molecule has 0 aliphatic heterocycles. The Morgan fingerprint density at radius 3 is 2.73 bits per heavy atom.